The maximum absolute atomic E-state index is 10.8. The largest absolute Gasteiger partial charge is 0.872 e. The predicted octanol–water partition coefficient (Wildman–Crippen LogP) is 2.11. The van der Waals surface area contributed by atoms with E-state index in [9.17, 15) is 9.90 Å². The van der Waals surface area contributed by atoms with Gasteiger partial charge in [-0.05, 0) is 54.7 Å². The van der Waals surface area contributed by atoms with Crippen LogP contribution in [0.2, 0.25) is 0 Å². The number of aromatic amines is 1. The second-order valence-electron chi connectivity index (χ2n) is 5.68. The summed E-state index contributed by atoms with van der Waals surface area (Å²) < 4.78 is 0. The van der Waals surface area contributed by atoms with Crippen LogP contribution in [0, 0.1) is 0 Å². The number of hydrogen-bond donors (Lipinski definition) is 2. The minimum absolute atomic E-state index is 0.280. The molecule has 0 amide bonds. The lowest BCUT2D eigenvalue weighted by Gasteiger charge is -2.09. The number of aromatic nitrogens is 2. The SMILES string of the molecule is Nc1ccc([O-])c(C(=O)O)c1.c1cc(CCCc2cc[nH+]cc2)ccn1. The Labute approximate surface area is 152 Å². The Morgan fingerprint density at radius 1 is 1.04 bits per heavy atom. The molecule has 0 fully saturated rings. The van der Waals surface area contributed by atoms with E-state index in [2.05, 4.69) is 34.2 Å². The van der Waals surface area contributed by atoms with Gasteiger partial charge in [0.15, 0.2) is 12.4 Å². The molecule has 2 aromatic heterocycles. The second kappa shape index (κ2) is 9.78. The van der Waals surface area contributed by atoms with Crippen LogP contribution in [-0.4, -0.2) is 16.1 Å². The van der Waals surface area contributed by atoms with Crippen LogP contribution in [-0.2, 0) is 12.8 Å². The maximum atomic E-state index is 10.8. The van der Waals surface area contributed by atoms with Crippen LogP contribution in [0.4, 0.5) is 5.69 Å². The first-order valence-electron chi connectivity index (χ1n) is 8.20. The van der Waals surface area contributed by atoms with Gasteiger partial charge in [-0.3, -0.25) is 4.98 Å². The average molecular weight is 351 g/mol. The van der Waals surface area contributed by atoms with Crippen LogP contribution in [0.25, 0.3) is 0 Å². The lowest BCUT2D eigenvalue weighted by atomic mass is 10.1. The Kier molecular flexibility index (Phi) is 7.12. The Morgan fingerprint density at radius 2 is 1.65 bits per heavy atom. The molecule has 6 heteroatoms. The first-order valence-corrected chi connectivity index (χ1v) is 8.20. The molecular weight excluding hydrogens is 330 g/mol. The van der Waals surface area contributed by atoms with Gasteiger partial charge in [0.05, 0.1) is 5.56 Å². The normalized spacial score (nSPS) is 9.85. The lowest BCUT2D eigenvalue weighted by Crippen LogP contribution is -2.04. The highest BCUT2D eigenvalue weighted by atomic mass is 16.4. The van der Waals surface area contributed by atoms with E-state index in [-0.39, 0.29) is 11.3 Å². The molecule has 0 aliphatic rings. The van der Waals surface area contributed by atoms with Gasteiger partial charge in [0, 0.05) is 30.2 Å². The fourth-order valence-electron chi connectivity index (χ4n) is 2.35. The zero-order chi connectivity index (χ0) is 18.8. The van der Waals surface area contributed by atoms with Crippen LogP contribution >= 0.6 is 0 Å². The van der Waals surface area contributed by atoms with Crippen molar-refractivity contribution in [3.8, 4) is 5.75 Å². The summed E-state index contributed by atoms with van der Waals surface area (Å²) in [5, 5.41) is 19.2. The summed E-state index contributed by atoms with van der Waals surface area (Å²) in [5.74, 6) is -1.77. The summed E-state index contributed by atoms with van der Waals surface area (Å²) in [6.07, 6.45) is 11.1. The summed E-state index contributed by atoms with van der Waals surface area (Å²) in [6.45, 7) is 0. The van der Waals surface area contributed by atoms with E-state index in [0.29, 0.717) is 0 Å². The van der Waals surface area contributed by atoms with Gasteiger partial charge >= 0.3 is 5.97 Å². The molecule has 0 saturated heterocycles. The molecule has 1 aromatic carbocycles. The van der Waals surface area contributed by atoms with E-state index in [1.807, 2.05) is 24.8 Å². The number of nitrogen functional groups attached to an aromatic ring is 1. The molecule has 134 valence electrons. The summed E-state index contributed by atoms with van der Waals surface area (Å²) in [4.78, 5) is 17.4. The van der Waals surface area contributed by atoms with Gasteiger partial charge < -0.3 is 15.9 Å². The first-order chi connectivity index (χ1) is 12.6. The summed E-state index contributed by atoms with van der Waals surface area (Å²) >= 11 is 0. The standard InChI is InChI=1S/C13H14N2.C7H7NO3/c1(2-12-4-8-14-9-5-12)3-13-6-10-15-11-7-13;8-4-1-2-6(9)5(3-4)7(10)11/h4-11H,1-3H2;1-3,9H,8H2,(H,10,11). The van der Waals surface area contributed by atoms with E-state index in [1.165, 1.54) is 23.6 Å². The van der Waals surface area contributed by atoms with Crippen LogP contribution in [0.15, 0.2) is 67.3 Å². The molecule has 26 heavy (non-hydrogen) atoms. The Bertz CT molecular complexity index is 785. The van der Waals surface area contributed by atoms with E-state index >= 15 is 0 Å². The smallest absolute Gasteiger partial charge is 0.335 e. The summed E-state index contributed by atoms with van der Waals surface area (Å²) in [6, 6.07) is 12.1. The van der Waals surface area contributed by atoms with E-state index in [0.717, 1.165) is 25.0 Å². The minimum atomic E-state index is -1.25. The maximum Gasteiger partial charge on any atom is 0.335 e. The number of nitrogens with two attached hydrogens (primary N) is 1. The van der Waals surface area contributed by atoms with Crippen molar-refractivity contribution in [1.82, 2.24) is 4.98 Å². The summed E-state index contributed by atoms with van der Waals surface area (Å²) in [7, 11) is 0. The van der Waals surface area contributed by atoms with Crippen LogP contribution in [0.5, 0.6) is 5.75 Å². The number of rotatable bonds is 5. The molecule has 3 rings (SSSR count). The van der Waals surface area contributed by atoms with E-state index < -0.39 is 11.7 Å². The number of carboxylic acids is 1. The van der Waals surface area contributed by atoms with Crippen molar-refractivity contribution >= 4 is 11.7 Å². The van der Waals surface area contributed by atoms with Gasteiger partial charge in [-0.25, -0.2) is 9.78 Å². The van der Waals surface area contributed by atoms with E-state index in [4.69, 9.17) is 10.8 Å². The molecule has 0 unspecified atom stereocenters. The molecular formula is C20H21N3O3. The van der Waals surface area contributed by atoms with Gasteiger partial charge in [-0.15, -0.1) is 0 Å². The van der Waals surface area contributed by atoms with Crippen LogP contribution in [0.1, 0.15) is 27.9 Å². The van der Waals surface area contributed by atoms with Gasteiger partial charge in [0.25, 0.3) is 0 Å². The van der Waals surface area contributed by atoms with Gasteiger partial charge in [-0.2, -0.15) is 0 Å². The molecule has 0 bridgehead atoms. The summed E-state index contributed by atoms with van der Waals surface area (Å²) in [5.41, 5.74) is 8.02. The second-order valence-corrected chi connectivity index (χ2v) is 5.68. The lowest BCUT2D eigenvalue weighted by molar-refractivity contribution is -0.378. The van der Waals surface area contributed by atoms with Gasteiger partial charge in [0.1, 0.15) is 0 Å². The number of carboxylic acid groups (broad SMARTS) is 1. The number of carbonyl (C=O) groups is 1. The Hall–Kier alpha value is -3.41. The van der Waals surface area contributed by atoms with Crippen LogP contribution in [0.3, 0.4) is 0 Å². The van der Waals surface area contributed by atoms with Crippen LogP contribution < -0.4 is 15.8 Å². The van der Waals surface area contributed by atoms with Gasteiger partial charge in [0.2, 0.25) is 0 Å². The topological polar surface area (TPSA) is 113 Å². The van der Waals surface area contributed by atoms with Crippen molar-refractivity contribution in [2.75, 3.05) is 5.73 Å². The molecule has 6 nitrogen and oxygen atoms in total. The van der Waals surface area contributed by atoms with Crippen molar-refractivity contribution in [1.29, 1.82) is 0 Å². The Morgan fingerprint density at radius 3 is 2.23 bits per heavy atom. The zero-order valence-corrected chi connectivity index (χ0v) is 14.3. The van der Waals surface area contributed by atoms with Crippen molar-refractivity contribution in [2.24, 2.45) is 0 Å². The molecule has 0 atom stereocenters. The molecule has 0 saturated carbocycles. The number of H-pyrrole nitrogens is 1. The molecule has 0 aliphatic carbocycles. The molecule has 0 spiro atoms. The number of hydrogen-bond acceptors (Lipinski definition) is 4. The molecule has 3 aromatic rings. The number of pyridine rings is 2. The molecule has 0 radical (unpaired) electrons. The zero-order valence-electron chi connectivity index (χ0n) is 14.3. The Balaban J connectivity index is 0.000000197. The highest BCUT2D eigenvalue weighted by molar-refractivity contribution is 5.91. The third-order valence-electron chi connectivity index (χ3n) is 3.70. The predicted molar refractivity (Wildman–Crippen MR) is 96.5 cm³/mol. The van der Waals surface area contributed by atoms with Gasteiger partial charge in [-0.1, -0.05) is 11.8 Å². The fraction of sp³-hybridized carbons (Fsp3) is 0.150. The van der Waals surface area contributed by atoms with Crippen molar-refractivity contribution in [3.63, 3.8) is 0 Å². The highest BCUT2D eigenvalue weighted by Crippen LogP contribution is 2.16. The number of nitrogens with zero attached hydrogens (tertiary/aromatic N) is 1. The molecule has 4 N–H and O–H groups in total. The fourth-order valence-corrected chi connectivity index (χ4v) is 2.35. The number of aryl methyl sites for hydroxylation is 2. The monoisotopic (exact) mass is 351 g/mol. The highest BCUT2D eigenvalue weighted by Gasteiger charge is 2.02. The number of nitrogens with one attached hydrogen (secondary N) is 1. The number of aromatic carboxylic acids is 1. The molecule has 0 aliphatic heterocycles. The van der Waals surface area contributed by atoms with E-state index in [1.54, 1.807) is 0 Å². The number of benzene rings is 1. The quantitative estimate of drug-likeness (QED) is 0.684. The van der Waals surface area contributed by atoms with Crippen molar-refractivity contribution in [2.45, 2.75) is 19.3 Å². The first kappa shape index (κ1) is 18.9. The minimum Gasteiger partial charge on any atom is -0.872 e. The third-order valence-corrected chi connectivity index (χ3v) is 3.70. The third kappa shape index (κ3) is 6.24. The molecule has 2 heterocycles. The van der Waals surface area contributed by atoms with Crippen molar-refractivity contribution in [3.05, 3.63) is 83.9 Å². The number of anilines is 1. The average Bonchev–Trinajstić information content (AvgIpc) is 2.66. The van der Waals surface area contributed by atoms with Crippen molar-refractivity contribution < 1.29 is 20.0 Å².